The number of nitrogens with one attached hydrogen (secondary N) is 2. The largest absolute Gasteiger partial charge is 0.326 e. The van der Waals surface area contributed by atoms with Gasteiger partial charge in [-0.2, -0.15) is 0 Å². The van der Waals surface area contributed by atoms with E-state index in [2.05, 4.69) is 23.6 Å². The quantitative estimate of drug-likeness (QED) is 0.815. The van der Waals surface area contributed by atoms with Gasteiger partial charge in [-0.15, -0.1) is 0 Å². The summed E-state index contributed by atoms with van der Waals surface area (Å²) in [4.78, 5) is 11.0. The third-order valence-electron chi connectivity index (χ3n) is 2.77. The number of hydrogen-bond donors (Lipinski definition) is 2. The first-order valence-corrected chi connectivity index (χ1v) is 5.79. The average Bonchev–Trinajstić information content (AvgIpc) is 3.01. The van der Waals surface area contributed by atoms with Crippen molar-refractivity contribution in [3.8, 4) is 0 Å². The van der Waals surface area contributed by atoms with E-state index < -0.39 is 0 Å². The smallest absolute Gasteiger partial charge is 0.221 e. The lowest BCUT2D eigenvalue weighted by atomic mass is 10.1. The van der Waals surface area contributed by atoms with Crippen molar-refractivity contribution in [2.24, 2.45) is 0 Å². The third-order valence-corrected chi connectivity index (χ3v) is 2.77. The minimum atomic E-state index is -0.0278. The van der Waals surface area contributed by atoms with Crippen LogP contribution < -0.4 is 10.6 Å². The summed E-state index contributed by atoms with van der Waals surface area (Å²) >= 11 is 0. The average molecular weight is 218 g/mol. The van der Waals surface area contributed by atoms with Crippen molar-refractivity contribution in [1.82, 2.24) is 5.32 Å². The lowest BCUT2D eigenvalue weighted by Crippen LogP contribution is -2.20. The Balaban J connectivity index is 2.04. The second-order valence-corrected chi connectivity index (χ2v) is 4.47. The Morgan fingerprint density at radius 3 is 2.81 bits per heavy atom. The minimum Gasteiger partial charge on any atom is -0.326 e. The summed E-state index contributed by atoms with van der Waals surface area (Å²) in [6.07, 6.45) is 2.57. The lowest BCUT2D eigenvalue weighted by Gasteiger charge is -2.14. The Hall–Kier alpha value is -1.35. The maximum Gasteiger partial charge on any atom is 0.221 e. The summed E-state index contributed by atoms with van der Waals surface area (Å²) in [7, 11) is 0. The molecule has 1 atom stereocenters. The van der Waals surface area contributed by atoms with Crippen LogP contribution in [-0.2, 0) is 4.79 Å². The second-order valence-electron chi connectivity index (χ2n) is 4.47. The van der Waals surface area contributed by atoms with Crippen molar-refractivity contribution in [3.63, 3.8) is 0 Å². The van der Waals surface area contributed by atoms with E-state index in [4.69, 9.17) is 0 Å². The molecule has 1 aliphatic rings. The SMILES string of the molecule is CC(=O)Nc1cccc(C(C)NC2CC2)c1. The maximum atomic E-state index is 11.0. The molecule has 2 rings (SSSR count). The number of benzene rings is 1. The van der Waals surface area contributed by atoms with Gasteiger partial charge in [0.15, 0.2) is 0 Å². The van der Waals surface area contributed by atoms with Crippen molar-refractivity contribution in [2.45, 2.75) is 38.8 Å². The fourth-order valence-corrected chi connectivity index (χ4v) is 1.79. The Kier molecular flexibility index (Phi) is 3.25. The van der Waals surface area contributed by atoms with Gasteiger partial charge in [0.25, 0.3) is 0 Å². The molecule has 1 unspecified atom stereocenters. The van der Waals surface area contributed by atoms with E-state index in [9.17, 15) is 4.79 Å². The van der Waals surface area contributed by atoms with Crippen molar-refractivity contribution < 1.29 is 4.79 Å². The summed E-state index contributed by atoms with van der Waals surface area (Å²) in [6.45, 7) is 3.68. The molecule has 1 aromatic carbocycles. The molecule has 1 fully saturated rings. The zero-order valence-corrected chi connectivity index (χ0v) is 9.79. The highest BCUT2D eigenvalue weighted by Gasteiger charge is 2.23. The fourth-order valence-electron chi connectivity index (χ4n) is 1.79. The summed E-state index contributed by atoms with van der Waals surface area (Å²) in [5.74, 6) is -0.0278. The predicted molar refractivity (Wildman–Crippen MR) is 65.3 cm³/mol. The normalized spacial score (nSPS) is 16.9. The van der Waals surface area contributed by atoms with Gasteiger partial charge in [-0.25, -0.2) is 0 Å². The molecule has 16 heavy (non-hydrogen) atoms. The maximum absolute atomic E-state index is 11.0. The molecule has 1 amide bonds. The second kappa shape index (κ2) is 4.66. The zero-order chi connectivity index (χ0) is 11.5. The zero-order valence-electron chi connectivity index (χ0n) is 9.79. The van der Waals surface area contributed by atoms with Gasteiger partial charge in [0.05, 0.1) is 0 Å². The van der Waals surface area contributed by atoms with Gasteiger partial charge < -0.3 is 10.6 Å². The molecule has 0 heterocycles. The van der Waals surface area contributed by atoms with E-state index >= 15 is 0 Å². The monoisotopic (exact) mass is 218 g/mol. The van der Waals surface area contributed by atoms with Crippen LogP contribution in [0.15, 0.2) is 24.3 Å². The number of hydrogen-bond acceptors (Lipinski definition) is 2. The van der Waals surface area contributed by atoms with E-state index in [1.165, 1.54) is 25.3 Å². The van der Waals surface area contributed by atoms with Crippen molar-refractivity contribution in [3.05, 3.63) is 29.8 Å². The first-order chi connectivity index (χ1) is 7.65. The summed E-state index contributed by atoms with van der Waals surface area (Å²) in [5, 5.41) is 6.34. The molecule has 0 bridgehead atoms. The van der Waals surface area contributed by atoms with Gasteiger partial charge in [0.1, 0.15) is 0 Å². The van der Waals surface area contributed by atoms with Crippen molar-refractivity contribution in [1.29, 1.82) is 0 Å². The molecule has 0 saturated heterocycles. The van der Waals surface area contributed by atoms with Gasteiger partial charge in [-0.05, 0) is 37.5 Å². The third kappa shape index (κ3) is 3.07. The highest BCUT2D eigenvalue weighted by Crippen LogP contribution is 2.25. The summed E-state index contributed by atoms with van der Waals surface area (Å²) < 4.78 is 0. The van der Waals surface area contributed by atoms with Gasteiger partial charge in [0.2, 0.25) is 5.91 Å². The first kappa shape index (κ1) is 11.1. The Labute approximate surface area is 96.2 Å². The summed E-state index contributed by atoms with van der Waals surface area (Å²) in [6, 6.07) is 9.05. The topological polar surface area (TPSA) is 41.1 Å². The van der Waals surface area contributed by atoms with E-state index in [1.54, 1.807) is 0 Å². The van der Waals surface area contributed by atoms with Crippen LogP contribution in [0.5, 0.6) is 0 Å². The van der Waals surface area contributed by atoms with Crippen LogP contribution in [0.4, 0.5) is 5.69 Å². The van der Waals surface area contributed by atoms with Crippen LogP contribution in [-0.4, -0.2) is 11.9 Å². The van der Waals surface area contributed by atoms with E-state index in [0.717, 1.165) is 5.69 Å². The minimum absolute atomic E-state index is 0.0278. The molecule has 2 N–H and O–H groups in total. The Bertz CT molecular complexity index is 385. The Morgan fingerprint density at radius 2 is 2.19 bits per heavy atom. The molecule has 0 aromatic heterocycles. The number of rotatable bonds is 4. The molecule has 0 radical (unpaired) electrons. The van der Waals surface area contributed by atoms with E-state index in [1.807, 2.05) is 18.2 Å². The molecule has 1 aliphatic carbocycles. The van der Waals surface area contributed by atoms with E-state index in [0.29, 0.717) is 12.1 Å². The molecular weight excluding hydrogens is 200 g/mol. The van der Waals surface area contributed by atoms with Gasteiger partial charge in [-0.3, -0.25) is 4.79 Å². The lowest BCUT2D eigenvalue weighted by molar-refractivity contribution is -0.114. The number of anilines is 1. The van der Waals surface area contributed by atoms with Gasteiger partial charge in [0, 0.05) is 24.7 Å². The molecule has 0 spiro atoms. The van der Waals surface area contributed by atoms with Crippen LogP contribution >= 0.6 is 0 Å². The van der Waals surface area contributed by atoms with Gasteiger partial charge in [-0.1, -0.05) is 12.1 Å². The standard InChI is InChI=1S/C13H18N2O/c1-9(14-12-6-7-12)11-4-3-5-13(8-11)15-10(2)16/h3-5,8-9,12,14H,6-7H2,1-2H3,(H,15,16). The highest BCUT2D eigenvalue weighted by molar-refractivity contribution is 5.88. The van der Waals surface area contributed by atoms with Crippen molar-refractivity contribution >= 4 is 11.6 Å². The van der Waals surface area contributed by atoms with E-state index in [-0.39, 0.29) is 5.91 Å². The molecule has 3 heteroatoms. The van der Waals surface area contributed by atoms with Crippen LogP contribution in [0, 0.1) is 0 Å². The van der Waals surface area contributed by atoms with Crippen LogP contribution in [0.3, 0.4) is 0 Å². The fraction of sp³-hybridized carbons (Fsp3) is 0.462. The predicted octanol–water partition coefficient (Wildman–Crippen LogP) is 2.46. The number of amides is 1. The van der Waals surface area contributed by atoms with Crippen LogP contribution in [0.1, 0.15) is 38.3 Å². The highest BCUT2D eigenvalue weighted by atomic mass is 16.1. The van der Waals surface area contributed by atoms with Gasteiger partial charge >= 0.3 is 0 Å². The number of carbonyl (C=O) groups is 1. The molecule has 1 saturated carbocycles. The number of carbonyl (C=O) groups excluding carboxylic acids is 1. The van der Waals surface area contributed by atoms with Crippen molar-refractivity contribution in [2.75, 3.05) is 5.32 Å². The first-order valence-electron chi connectivity index (χ1n) is 5.79. The van der Waals surface area contributed by atoms with Crippen LogP contribution in [0.25, 0.3) is 0 Å². The summed E-state index contributed by atoms with van der Waals surface area (Å²) in [5.41, 5.74) is 2.09. The Morgan fingerprint density at radius 1 is 1.44 bits per heavy atom. The van der Waals surface area contributed by atoms with Crippen LogP contribution in [0.2, 0.25) is 0 Å². The molecule has 86 valence electrons. The molecule has 3 nitrogen and oxygen atoms in total. The molecule has 0 aliphatic heterocycles. The molecular formula is C13H18N2O. The molecule has 1 aromatic rings.